The molecule has 1 aliphatic carbocycles. The Kier molecular flexibility index (Phi) is 3.29. The van der Waals surface area contributed by atoms with E-state index < -0.39 is 0 Å². The molecule has 1 fully saturated rings. The molecule has 0 saturated heterocycles. The van der Waals surface area contributed by atoms with Crippen LogP contribution in [0.15, 0.2) is 0 Å². The maximum atomic E-state index is 11.5. The number of carbonyl (C=O) groups excluding carboxylic acids is 2. The molecule has 1 saturated carbocycles. The van der Waals surface area contributed by atoms with Crippen LogP contribution in [0.5, 0.6) is 0 Å². The van der Waals surface area contributed by atoms with Crippen LogP contribution in [0, 0.1) is 17.3 Å². The topological polar surface area (TPSA) is 43.4 Å². The van der Waals surface area contributed by atoms with Crippen molar-refractivity contribution in [3.05, 3.63) is 0 Å². The number of hydrogen-bond acceptors (Lipinski definition) is 3. The molecule has 0 amide bonds. The van der Waals surface area contributed by atoms with Crippen molar-refractivity contribution in [1.82, 2.24) is 0 Å². The van der Waals surface area contributed by atoms with Gasteiger partial charge in [0.1, 0.15) is 6.29 Å². The Bertz CT molecular complexity index is 233. The predicted molar refractivity (Wildman–Crippen MR) is 52.7 cm³/mol. The molecule has 14 heavy (non-hydrogen) atoms. The minimum atomic E-state index is -0.139. The zero-order valence-electron chi connectivity index (χ0n) is 9.08. The highest BCUT2D eigenvalue weighted by Crippen LogP contribution is 2.43. The van der Waals surface area contributed by atoms with Crippen LogP contribution in [0.1, 0.15) is 33.1 Å². The number of carbonyl (C=O) groups is 2. The Hall–Kier alpha value is -0.860. The van der Waals surface area contributed by atoms with Crippen molar-refractivity contribution in [3.8, 4) is 0 Å². The summed E-state index contributed by atoms with van der Waals surface area (Å²) in [6.07, 6.45) is 3.38. The molecule has 0 aromatic rings. The molecule has 0 aliphatic heterocycles. The van der Waals surface area contributed by atoms with E-state index in [2.05, 4.69) is 0 Å². The molecule has 0 N–H and O–H groups in total. The lowest BCUT2D eigenvalue weighted by Gasteiger charge is -2.39. The van der Waals surface area contributed by atoms with Crippen LogP contribution in [0.4, 0.5) is 0 Å². The predicted octanol–water partition coefficient (Wildman–Crippen LogP) is 1.80. The van der Waals surface area contributed by atoms with Gasteiger partial charge in [-0.1, -0.05) is 13.8 Å². The minimum Gasteiger partial charge on any atom is -0.469 e. The third-order valence-corrected chi connectivity index (χ3v) is 3.24. The summed E-state index contributed by atoms with van der Waals surface area (Å²) in [5.41, 5.74) is -0.114. The van der Waals surface area contributed by atoms with Crippen molar-refractivity contribution >= 4 is 12.3 Å². The third-order valence-electron chi connectivity index (χ3n) is 3.24. The molecule has 3 nitrogen and oxygen atoms in total. The van der Waals surface area contributed by atoms with E-state index in [1.165, 1.54) is 7.11 Å². The summed E-state index contributed by atoms with van der Waals surface area (Å²) < 4.78 is 4.77. The lowest BCUT2D eigenvalue weighted by Crippen LogP contribution is -2.38. The molecule has 0 aromatic carbocycles. The monoisotopic (exact) mass is 198 g/mol. The summed E-state index contributed by atoms with van der Waals surface area (Å²) in [6.45, 7) is 4.06. The van der Waals surface area contributed by atoms with Crippen LogP contribution in [0.3, 0.4) is 0 Å². The second kappa shape index (κ2) is 4.11. The lowest BCUT2D eigenvalue weighted by atomic mass is 9.65. The molecule has 0 bridgehead atoms. The van der Waals surface area contributed by atoms with Gasteiger partial charge in [0.15, 0.2) is 0 Å². The molecular formula is C11H18O3. The largest absolute Gasteiger partial charge is 0.469 e. The molecule has 2 unspecified atom stereocenters. The van der Waals surface area contributed by atoms with Crippen LogP contribution in [-0.4, -0.2) is 19.4 Å². The first kappa shape index (κ1) is 11.2. The van der Waals surface area contributed by atoms with Crippen molar-refractivity contribution in [3.63, 3.8) is 0 Å². The molecule has 0 spiro atoms. The molecule has 3 heteroatoms. The zero-order chi connectivity index (χ0) is 10.8. The van der Waals surface area contributed by atoms with Gasteiger partial charge in [-0.3, -0.25) is 4.79 Å². The molecule has 80 valence electrons. The zero-order valence-corrected chi connectivity index (χ0v) is 9.08. The van der Waals surface area contributed by atoms with E-state index in [1.807, 2.05) is 13.8 Å². The maximum absolute atomic E-state index is 11.5. The third kappa shape index (κ3) is 2.14. The maximum Gasteiger partial charge on any atom is 0.309 e. The molecule has 2 atom stereocenters. The number of esters is 1. The Labute approximate surface area is 84.8 Å². The van der Waals surface area contributed by atoms with Gasteiger partial charge in [-0.15, -0.1) is 0 Å². The summed E-state index contributed by atoms with van der Waals surface area (Å²) in [6, 6.07) is 0. The van der Waals surface area contributed by atoms with Crippen molar-refractivity contribution in [2.75, 3.05) is 7.11 Å². The van der Waals surface area contributed by atoms with Crippen LogP contribution in [-0.2, 0) is 14.3 Å². The van der Waals surface area contributed by atoms with E-state index in [1.54, 1.807) is 0 Å². The fraction of sp³-hybridized carbons (Fsp3) is 0.818. The summed E-state index contributed by atoms with van der Waals surface area (Å²) >= 11 is 0. The number of aldehydes is 1. The first-order valence-electron chi connectivity index (χ1n) is 5.04. The van der Waals surface area contributed by atoms with E-state index in [9.17, 15) is 9.59 Å². The fourth-order valence-corrected chi connectivity index (χ4v) is 2.39. The standard InChI is InChI=1S/C11H18O3/c1-11(2)6-8(7-12)4-5-9(11)10(13)14-3/h7-9H,4-6H2,1-3H3. The average molecular weight is 198 g/mol. The van der Waals surface area contributed by atoms with Crippen molar-refractivity contribution in [2.24, 2.45) is 17.3 Å². The lowest BCUT2D eigenvalue weighted by molar-refractivity contribution is -0.152. The Balaban J connectivity index is 2.72. The molecule has 0 heterocycles. The van der Waals surface area contributed by atoms with Crippen molar-refractivity contribution < 1.29 is 14.3 Å². The second-order valence-electron chi connectivity index (χ2n) is 4.74. The molecule has 1 rings (SSSR count). The van der Waals surface area contributed by atoms with E-state index in [4.69, 9.17) is 4.74 Å². The van der Waals surface area contributed by atoms with Gasteiger partial charge >= 0.3 is 5.97 Å². The summed E-state index contributed by atoms with van der Waals surface area (Å²) in [5, 5.41) is 0. The second-order valence-corrected chi connectivity index (χ2v) is 4.74. The van der Waals surface area contributed by atoms with Gasteiger partial charge in [-0.05, 0) is 24.7 Å². The van der Waals surface area contributed by atoms with Crippen LogP contribution >= 0.6 is 0 Å². The number of rotatable bonds is 2. The SMILES string of the molecule is COC(=O)C1CCC(C=O)CC1(C)C. The van der Waals surface area contributed by atoms with Gasteiger partial charge in [0, 0.05) is 5.92 Å². The highest BCUT2D eigenvalue weighted by atomic mass is 16.5. The van der Waals surface area contributed by atoms with E-state index in [-0.39, 0.29) is 23.2 Å². The van der Waals surface area contributed by atoms with Gasteiger partial charge in [0.25, 0.3) is 0 Å². The number of hydrogen-bond donors (Lipinski definition) is 0. The highest BCUT2D eigenvalue weighted by molar-refractivity contribution is 5.73. The van der Waals surface area contributed by atoms with Crippen molar-refractivity contribution in [1.29, 1.82) is 0 Å². The first-order valence-corrected chi connectivity index (χ1v) is 5.04. The minimum absolute atomic E-state index is 0.0521. The first-order chi connectivity index (χ1) is 6.51. The van der Waals surface area contributed by atoms with Crippen LogP contribution in [0.25, 0.3) is 0 Å². The Morgan fingerprint density at radius 1 is 1.43 bits per heavy atom. The molecule has 1 aliphatic rings. The summed E-state index contributed by atoms with van der Waals surface area (Å²) in [5.74, 6) is -0.0750. The Morgan fingerprint density at radius 2 is 2.07 bits per heavy atom. The molecule has 0 aromatic heterocycles. The number of methoxy groups -OCH3 is 1. The molecular weight excluding hydrogens is 180 g/mol. The summed E-state index contributed by atoms with van der Waals surface area (Å²) in [4.78, 5) is 22.1. The fourth-order valence-electron chi connectivity index (χ4n) is 2.39. The Morgan fingerprint density at radius 3 is 2.50 bits per heavy atom. The van der Waals surface area contributed by atoms with Gasteiger partial charge in [0.2, 0.25) is 0 Å². The van der Waals surface area contributed by atoms with E-state index in [0.29, 0.717) is 0 Å². The van der Waals surface area contributed by atoms with Gasteiger partial charge in [-0.25, -0.2) is 0 Å². The quantitative estimate of drug-likeness (QED) is 0.502. The summed E-state index contributed by atoms with van der Waals surface area (Å²) in [7, 11) is 1.42. The normalized spacial score (nSPS) is 30.8. The van der Waals surface area contributed by atoms with E-state index in [0.717, 1.165) is 25.5 Å². The average Bonchev–Trinajstić information content (AvgIpc) is 2.15. The van der Waals surface area contributed by atoms with E-state index >= 15 is 0 Å². The van der Waals surface area contributed by atoms with Gasteiger partial charge in [0.05, 0.1) is 13.0 Å². The van der Waals surface area contributed by atoms with Crippen LogP contribution in [0.2, 0.25) is 0 Å². The van der Waals surface area contributed by atoms with Crippen LogP contribution < -0.4 is 0 Å². The number of ether oxygens (including phenoxy) is 1. The highest BCUT2D eigenvalue weighted by Gasteiger charge is 2.41. The van der Waals surface area contributed by atoms with Crippen molar-refractivity contribution in [2.45, 2.75) is 33.1 Å². The van der Waals surface area contributed by atoms with Gasteiger partial charge < -0.3 is 9.53 Å². The molecule has 0 radical (unpaired) electrons. The van der Waals surface area contributed by atoms with Gasteiger partial charge in [-0.2, -0.15) is 0 Å². The smallest absolute Gasteiger partial charge is 0.309 e.